The van der Waals surface area contributed by atoms with Crippen molar-refractivity contribution in [3.63, 3.8) is 0 Å². The molecule has 14 heavy (non-hydrogen) atoms. The van der Waals surface area contributed by atoms with Crippen molar-refractivity contribution in [2.45, 2.75) is 20.8 Å². The molecule has 0 aromatic rings. The van der Waals surface area contributed by atoms with Gasteiger partial charge in [0.15, 0.2) is 5.92 Å². The third-order valence-corrected chi connectivity index (χ3v) is 1.69. The van der Waals surface area contributed by atoms with Crippen molar-refractivity contribution >= 4 is 29.0 Å². The highest BCUT2D eigenvalue weighted by Gasteiger charge is 2.31. The number of hydrogen-bond donors (Lipinski definition) is 0. The lowest BCUT2D eigenvalue weighted by atomic mass is 10.1. The molecule has 0 aromatic carbocycles. The summed E-state index contributed by atoms with van der Waals surface area (Å²) < 4.78 is 9.41. The number of carbonyl (C=O) groups excluding carboxylic acids is 2. The van der Waals surface area contributed by atoms with Gasteiger partial charge in [-0.1, -0.05) is 12.2 Å². The van der Waals surface area contributed by atoms with E-state index in [1.54, 1.807) is 13.8 Å². The molecule has 0 fully saturated rings. The van der Waals surface area contributed by atoms with Gasteiger partial charge in [0.25, 0.3) is 0 Å². The summed E-state index contributed by atoms with van der Waals surface area (Å²) in [6.07, 6.45) is 0. The number of esters is 2. The van der Waals surface area contributed by atoms with Crippen LogP contribution >= 0.6 is 12.2 Å². The molecule has 0 aromatic heterocycles. The first kappa shape index (κ1) is 13.0. The third kappa shape index (κ3) is 3.83. The van der Waals surface area contributed by atoms with Crippen LogP contribution in [0, 0.1) is 5.92 Å². The van der Waals surface area contributed by atoms with Crippen molar-refractivity contribution in [2.75, 3.05) is 13.2 Å². The summed E-state index contributed by atoms with van der Waals surface area (Å²) >= 11 is 4.80. The number of carbonyl (C=O) groups is 2. The monoisotopic (exact) mass is 218 g/mol. The zero-order valence-corrected chi connectivity index (χ0v) is 9.35. The van der Waals surface area contributed by atoms with Gasteiger partial charge in [-0.25, -0.2) is 0 Å². The smallest absolute Gasteiger partial charge is 0.325 e. The maximum Gasteiger partial charge on any atom is 0.325 e. The van der Waals surface area contributed by atoms with E-state index in [9.17, 15) is 9.59 Å². The summed E-state index contributed by atoms with van der Waals surface area (Å²) in [5.41, 5.74) is 0. The molecule has 0 N–H and O–H groups in total. The van der Waals surface area contributed by atoms with Gasteiger partial charge in [0.1, 0.15) is 0 Å². The standard InChI is InChI=1S/C9H14O4S/c1-4-12-8(10)7(6(3)14)9(11)13-5-2/h7H,4-5H2,1-3H3. The minimum atomic E-state index is -1.06. The van der Waals surface area contributed by atoms with E-state index < -0.39 is 17.9 Å². The topological polar surface area (TPSA) is 52.6 Å². The van der Waals surface area contributed by atoms with Gasteiger partial charge in [0, 0.05) is 4.86 Å². The summed E-state index contributed by atoms with van der Waals surface area (Å²) in [5.74, 6) is -2.35. The van der Waals surface area contributed by atoms with Crippen LogP contribution in [0.2, 0.25) is 0 Å². The Morgan fingerprint density at radius 2 is 1.50 bits per heavy atom. The van der Waals surface area contributed by atoms with Crippen molar-refractivity contribution in [2.24, 2.45) is 5.92 Å². The molecule has 0 aliphatic heterocycles. The van der Waals surface area contributed by atoms with Crippen LogP contribution < -0.4 is 0 Å². The van der Waals surface area contributed by atoms with E-state index in [0.717, 1.165) is 0 Å². The molecule has 0 rings (SSSR count). The van der Waals surface area contributed by atoms with Gasteiger partial charge in [0.05, 0.1) is 13.2 Å². The van der Waals surface area contributed by atoms with E-state index in [2.05, 4.69) is 0 Å². The largest absolute Gasteiger partial charge is 0.465 e. The van der Waals surface area contributed by atoms with E-state index in [1.807, 2.05) is 0 Å². The van der Waals surface area contributed by atoms with E-state index in [1.165, 1.54) is 6.92 Å². The van der Waals surface area contributed by atoms with Crippen LogP contribution in [0.15, 0.2) is 0 Å². The normalized spacial score (nSPS) is 9.71. The molecule has 0 heterocycles. The van der Waals surface area contributed by atoms with Gasteiger partial charge in [-0.05, 0) is 20.8 Å². The molecular weight excluding hydrogens is 204 g/mol. The third-order valence-electron chi connectivity index (χ3n) is 1.45. The van der Waals surface area contributed by atoms with Gasteiger partial charge in [-0.15, -0.1) is 0 Å². The van der Waals surface area contributed by atoms with Crippen LogP contribution in [-0.4, -0.2) is 30.0 Å². The Balaban J connectivity index is 4.51. The van der Waals surface area contributed by atoms with Gasteiger partial charge in [-0.2, -0.15) is 0 Å². The number of thiocarbonyl (C=S) groups is 1. The molecule has 4 nitrogen and oxygen atoms in total. The molecule has 80 valence electrons. The lowest BCUT2D eigenvalue weighted by Crippen LogP contribution is -2.32. The van der Waals surface area contributed by atoms with Crippen LogP contribution in [-0.2, 0) is 19.1 Å². The Morgan fingerprint density at radius 3 is 1.71 bits per heavy atom. The number of ether oxygens (including phenoxy) is 2. The minimum absolute atomic E-state index is 0.220. The highest BCUT2D eigenvalue weighted by molar-refractivity contribution is 7.80. The van der Waals surface area contributed by atoms with Crippen LogP contribution in [0.5, 0.6) is 0 Å². The summed E-state index contributed by atoms with van der Waals surface area (Å²) in [7, 11) is 0. The maximum atomic E-state index is 11.3. The fraction of sp³-hybridized carbons (Fsp3) is 0.667. The van der Waals surface area contributed by atoms with Crippen molar-refractivity contribution in [3.8, 4) is 0 Å². The molecule has 0 saturated carbocycles. The quantitative estimate of drug-likeness (QED) is 0.393. The van der Waals surface area contributed by atoms with E-state index >= 15 is 0 Å². The average molecular weight is 218 g/mol. The fourth-order valence-corrected chi connectivity index (χ4v) is 1.07. The van der Waals surface area contributed by atoms with E-state index in [0.29, 0.717) is 0 Å². The second-order valence-electron chi connectivity index (χ2n) is 2.55. The zero-order valence-electron chi connectivity index (χ0n) is 8.53. The molecule has 0 unspecified atom stereocenters. The second-order valence-corrected chi connectivity index (χ2v) is 3.19. The first-order valence-corrected chi connectivity index (χ1v) is 4.79. The van der Waals surface area contributed by atoms with Gasteiger partial charge in [0.2, 0.25) is 0 Å². The Kier molecular flexibility index (Phi) is 6.03. The highest BCUT2D eigenvalue weighted by atomic mass is 32.1. The summed E-state index contributed by atoms with van der Waals surface area (Å²) in [4.78, 5) is 22.8. The molecule has 0 amide bonds. The second kappa shape index (κ2) is 6.48. The Hall–Kier alpha value is -0.970. The number of rotatable bonds is 5. The van der Waals surface area contributed by atoms with Crippen molar-refractivity contribution in [3.05, 3.63) is 0 Å². The molecule has 5 heteroatoms. The first-order valence-electron chi connectivity index (χ1n) is 4.38. The van der Waals surface area contributed by atoms with Crippen molar-refractivity contribution in [1.82, 2.24) is 0 Å². The predicted molar refractivity (Wildman–Crippen MR) is 55.0 cm³/mol. The summed E-state index contributed by atoms with van der Waals surface area (Å²) in [6.45, 7) is 5.29. The van der Waals surface area contributed by atoms with Crippen molar-refractivity contribution in [1.29, 1.82) is 0 Å². The molecule has 0 aliphatic carbocycles. The van der Waals surface area contributed by atoms with Gasteiger partial charge >= 0.3 is 11.9 Å². The molecule has 0 aliphatic rings. The maximum absolute atomic E-state index is 11.3. The van der Waals surface area contributed by atoms with Gasteiger partial charge < -0.3 is 9.47 Å². The van der Waals surface area contributed by atoms with Crippen molar-refractivity contribution < 1.29 is 19.1 Å². The van der Waals surface area contributed by atoms with E-state index in [4.69, 9.17) is 21.7 Å². The Bertz CT molecular complexity index is 219. The Morgan fingerprint density at radius 1 is 1.14 bits per heavy atom. The molecular formula is C9H14O4S. The van der Waals surface area contributed by atoms with Crippen LogP contribution in [0.4, 0.5) is 0 Å². The molecule has 0 saturated heterocycles. The first-order chi connectivity index (χ1) is 6.54. The Labute approximate surface area is 88.6 Å². The average Bonchev–Trinajstić information content (AvgIpc) is 2.04. The number of hydrogen-bond acceptors (Lipinski definition) is 5. The summed E-state index contributed by atoms with van der Waals surface area (Å²) in [5, 5.41) is 0. The molecule has 0 spiro atoms. The van der Waals surface area contributed by atoms with Crippen LogP contribution in [0.25, 0.3) is 0 Å². The summed E-state index contributed by atoms with van der Waals surface area (Å²) in [6, 6.07) is 0. The predicted octanol–water partition coefficient (Wildman–Crippen LogP) is 1.12. The fourth-order valence-electron chi connectivity index (χ4n) is 0.879. The molecule has 0 radical (unpaired) electrons. The van der Waals surface area contributed by atoms with Crippen LogP contribution in [0.3, 0.4) is 0 Å². The van der Waals surface area contributed by atoms with Gasteiger partial charge in [-0.3, -0.25) is 9.59 Å². The minimum Gasteiger partial charge on any atom is -0.465 e. The SMILES string of the molecule is CCOC(=O)C(C(=O)OCC)C(C)=S. The van der Waals surface area contributed by atoms with E-state index in [-0.39, 0.29) is 18.1 Å². The lowest BCUT2D eigenvalue weighted by Gasteiger charge is -2.12. The molecule has 0 bridgehead atoms. The lowest BCUT2D eigenvalue weighted by molar-refractivity contribution is -0.157. The highest BCUT2D eigenvalue weighted by Crippen LogP contribution is 2.06. The molecule has 0 atom stereocenters. The van der Waals surface area contributed by atoms with Crippen LogP contribution in [0.1, 0.15) is 20.8 Å². The zero-order chi connectivity index (χ0) is 11.1.